The monoisotopic (exact) mass is 283 g/mol. The van der Waals surface area contributed by atoms with Crippen molar-refractivity contribution in [1.29, 1.82) is 0 Å². The van der Waals surface area contributed by atoms with Crippen LogP contribution in [0.4, 0.5) is 10.1 Å². The number of nitrogens with zero attached hydrogens (tertiary/aromatic N) is 1. The molecule has 0 fully saturated rings. The van der Waals surface area contributed by atoms with Crippen molar-refractivity contribution in [1.82, 2.24) is 0 Å². The van der Waals surface area contributed by atoms with Crippen molar-refractivity contribution in [3.8, 4) is 0 Å². The number of methoxy groups -OCH3 is 1. The average Bonchev–Trinajstić information content (AvgIpc) is 2.41. The third-order valence-electron chi connectivity index (χ3n) is 3.73. The van der Waals surface area contributed by atoms with Crippen molar-refractivity contribution < 1.29 is 14.2 Å². The highest BCUT2D eigenvalue weighted by Gasteiger charge is 2.20. The average molecular weight is 283 g/mol. The van der Waals surface area contributed by atoms with Crippen LogP contribution in [0.3, 0.4) is 0 Å². The summed E-state index contributed by atoms with van der Waals surface area (Å²) in [5.74, 6) is -0.277. The van der Waals surface area contributed by atoms with Gasteiger partial charge in [-0.2, -0.15) is 0 Å². The smallest absolute Gasteiger partial charge is 0.126 e. The molecule has 0 aliphatic carbocycles. The van der Waals surface area contributed by atoms with Gasteiger partial charge in [-0.15, -0.1) is 0 Å². The summed E-state index contributed by atoms with van der Waals surface area (Å²) >= 11 is 0. The predicted octanol–water partition coefficient (Wildman–Crippen LogP) is 3.44. The topological polar surface area (TPSA) is 32.7 Å². The minimum atomic E-state index is -0.700. The van der Waals surface area contributed by atoms with Gasteiger partial charge >= 0.3 is 0 Å². The minimum absolute atomic E-state index is 0.277. The molecule has 3 nitrogen and oxygen atoms in total. The van der Waals surface area contributed by atoms with E-state index in [4.69, 9.17) is 4.74 Å². The van der Waals surface area contributed by atoms with E-state index in [2.05, 4.69) is 18.7 Å². The lowest BCUT2D eigenvalue weighted by atomic mass is 10.0. The molecule has 1 N–H and O–H groups in total. The molecule has 114 valence electrons. The Bertz CT molecular complexity index is 435. The fourth-order valence-corrected chi connectivity index (χ4v) is 2.25. The molecular formula is C16H26FNO2. The zero-order valence-electron chi connectivity index (χ0n) is 13.1. The molecule has 1 rings (SSSR count). The maximum absolute atomic E-state index is 13.8. The highest BCUT2D eigenvalue weighted by Crippen LogP contribution is 2.31. The second-order valence-corrected chi connectivity index (χ2v) is 5.28. The Morgan fingerprint density at radius 3 is 2.50 bits per heavy atom. The number of halogens is 1. The van der Waals surface area contributed by atoms with Gasteiger partial charge < -0.3 is 14.7 Å². The van der Waals surface area contributed by atoms with Gasteiger partial charge in [-0.1, -0.05) is 6.92 Å². The number of aliphatic hydroxyl groups excluding tert-OH is 1. The molecule has 1 aromatic carbocycles. The largest absolute Gasteiger partial charge is 0.389 e. The lowest BCUT2D eigenvalue weighted by Crippen LogP contribution is -2.36. The summed E-state index contributed by atoms with van der Waals surface area (Å²) in [5.41, 5.74) is 2.12. The van der Waals surface area contributed by atoms with Gasteiger partial charge in [-0.05, 0) is 44.9 Å². The number of rotatable bonds is 7. The molecule has 2 atom stereocenters. The van der Waals surface area contributed by atoms with Crippen LogP contribution < -0.4 is 4.90 Å². The first-order valence-corrected chi connectivity index (χ1v) is 7.16. The number of benzene rings is 1. The van der Waals surface area contributed by atoms with E-state index in [1.807, 2.05) is 6.07 Å². The minimum Gasteiger partial charge on any atom is -0.389 e. The first-order chi connectivity index (χ1) is 9.42. The van der Waals surface area contributed by atoms with Crippen LogP contribution in [-0.2, 0) is 4.74 Å². The predicted molar refractivity (Wildman–Crippen MR) is 80.7 cm³/mol. The molecule has 0 aliphatic heterocycles. The summed E-state index contributed by atoms with van der Waals surface area (Å²) in [5, 5.41) is 9.92. The van der Waals surface area contributed by atoms with Crippen molar-refractivity contribution in [3.05, 3.63) is 29.1 Å². The summed E-state index contributed by atoms with van der Waals surface area (Å²) in [6, 6.07) is 3.56. The summed E-state index contributed by atoms with van der Waals surface area (Å²) in [6.07, 6.45) is 0.272. The molecule has 0 saturated heterocycles. The van der Waals surface area contributed by atoms with Crippen molar-refractivity contribution in [2.75, 3.05) is 25.2 Å². The van der Waals surface area contributed by atoms with Gasteiger partial charge in [0.2, 0.25) is 0 Å². The maximum Gasteiger partial charge on any atom is 0.126 e. The Balaban J connectivity index is 3.26. The zero-order chi connectivity index (χ0) is 15.3. The van der Waals surface area contributed by atoms with Crippen LogP contribution in [0.15, 0.2) is 12.1 Å². The number of ether oxygens (including phenoxy) is 1. The van der Waals surface area contributed by atoms with Gasteiger partial charge in [0.05, 0.1) is 12.7 Å². The van der Waals surface area contributed by atoms with Gasteiger partial charge in [-0.25, -0.2) is 4.39 Å². The van der Waals surface area contributed by atoms with E-state index in [0.29, 0.717) is 23.8 Å². The van der Waals surface area contributed by atoms with Gasteiger partial charge in [0.15, 0.2) is 0 Å². The van der Waals surface area contributed by atoms with Gasteiger partial charge in [-0.3, -0.25) is 0 Å². The van der Waals surface area contributed by atoms with E-state index >= 15 is 0 Å². The van der Waals surface area contributed by atoms with Crippen molar-refractivity contribution in [2.24, 2.45) is 0 Å². The molecule has 1 unspecified atom stereocenters. The molecule has 20 heavy (non-hydrogen) atoms. The summed E-state index contributed by atoms with van der Waals surface area (Å²) < 4.78 is 18.9. The molecule has 0 radical (unpaired) electrons. The Kier molecular flexibility index (Phi) is 6.43. The van der Waals surface area contributed by atoms with Crippen molar-refractivity contribution in [2.45, 2.75) is 46.3 Å². The van der Waals surface area contributed by atoms with E-state index < -0.39 is 6.10 Å². The van der Waals surface area contributed by atoms with Gasteiger partial charge in [0.1, 0.15) is 5.82 Å². The molecule has 0 aromatic heterocycles. The molecule has 1 aromatic rings. The molecular weight excluding hydrogens is 257 g/mol. The third kappa shape index (κ3) is 3.93. The number of aliphatic hydroxyl groups is 1. The zero-order valence-corrected chi connectivity index (χ0v) is 13.1. The fraction of sp³-hybridized carbons (Fsp3) is 0.625. The second-order valence-electron chi connectivity index (χ2n) is 5.28. The van der Waals surface area contributed by atoms with E-state index in [1.54, 1.807) is 21.0 Å². The Hall–Kier alpha value is -1.13. The number of aryl methyl sites for hydroxylation is 1. The van der Waals surface area contributed by atoms with E-state index in [-0.39, 0.29) is 5.82 Å². The normalized spacial score (nSPS) is 14.2. The Morgan fingerprint density at radius 2 is 2.00 bits per heavy atom. The Labute approximate surface area is 121 Å². The summed E-state index contributed by atoms with van der Waals surface area (Å²) in [7, 11) is 1.67. The standard InChI is InChI=1S/C16H26FNO2/c1-6-12(3)18(7-8-20-5)16-9-11(2)15(17)10-14(16)13(4)19/h9-10,12-13,19H,6-8H2,1-5H3/t12?,13-/m1/s1. The number of hydrogen-bond donors (Lipinski definition) is 1. The summed E-state index contributed by atoms with van der Waals surface area (Å²) in [4.78, 5) is 2.18. The Morgan fingerprint density at radius 1 is 1.35 bits per heavy atom. The lowest BCUT2D eigenvalue weighted by molar-refractivity contribution is 0.196. The van der Waals surface area contributed by atoms with Crippen LogP contribution in [-0.4, -0.2) is 31.4 Å². The highest BCUT2D eigenvalue weighted by molar-refractivity contribution is 5.57. The van der Waals surface area contributed by atoms with E-state index in [9.17, 15) is 9.50 Å². The lowest BCUT2D eigenvalue weighted by Gasteiger charge is -2.33. The molecule has 0 heterocycles. The second kappa shape index (κ2) is 7.60. The van der Waals surface area contributed by atoms with Crippen molar-refractivity contribution >= 4 is 5.69 Å². The van der Waals surface area contributed by atoms with Crippen LogP contribution in [0.2, 0.25) is 0 Å². The molecule has 0 aliphatic rings. The summed E-state index contributed by atoms with van der Waals surface area (Å²) in [6.45, 7) is 8.97. The van der Waals surface area contributed by atoms with Crippen LogP contribution in [0, 0.1) is 12.7 Å². The first kappa shape index (κ1) is 16.9. The SMILES string of the molecule is CCC(C)N(CCOC)c1cc(C)c(F)cc1[C@@H](C)O. The molecule has 4 heteroatoms. The maximum atomic E-state index is 13.8. The van der Waals surface area contributed by atoms with Crippen molar-refractivity contribution in [3.63, 3.8) is 0 Å². The van der Waals surface area contributed by atoms with Crippen LogP contribution in [0.5, 0.6) is 0 Å². The highest BCUT2D eigenvalue weighted by atomic mass is 19.1. The fourth-order valence-electron chi connectivity index (χ4n) is 2.25. The first-order valence-electron chi connectivity index (χ1n) is 7.16. The van der Waals surface area contributed by atoms with Crippen LogP contribution >= 0.6 is 0 Å². The third-order valence-corrected chi connectivity index (χ3v) is 3.73. The molecule has 0 amide bonds. The number of anilines is 1. The van der Waals surface area contributed by atoms with E-state index in [1.165, 1.54) is 6.07 Å². The molecule has 0 saturated carbocycles. The molecule has 0 spiro atoms. The van der Waals surface area contributed by atoms with Crippen LogP contribution in [0.1, 0.15) is 44.4 Å². The number of hydrogen-bond acceptors (Lipinski definition) is 3. The quantitative estimate of drug-likeness (QED) is 0.832. The van der Waals surface area contributed by atoms with Gasteiger partial charge in [0.25, 0.3) is 0 Å². The van der Waals surface area contributed by atoms with Gasteiger partial charge in [0, 0.05) is 30.9 Å². The molecule has 0 bridgehead atoms. The van der Waals surface area contributed by atoms with E-state index in [0.717, 1.165) is 18.7 Å². The van der Waals surface area contributed by atoms with Crippen LogP contribution in [0.25, 0.3) is 0 Å².